The first-order valence-electron chi connectivity index (χ1n) is 6.21. The molecule has 0 aliphatic carbocycles. The zero-order valence-corrected chi connectivity index (χ0v) is 12.0. The van der Waals surface area contributed by atoms with E-state index in [1.165, 1.54) is 14.2 Å². The summed E-state index contributed by atoms with van der Waals surface area (Å²) in [5.74, 6) is -1.18. The molecule has 0 bridgehead atoms. The molecule has 0 spiro atoms. The van der Waals surface area contributed by atoms with E-state index < -0.39 is 11.9 Å². The van der Waals surface area contributed by atoms with Crippen LogP contribution in [0.5, 0.6) is 0 Å². The van der Waals surface area contributed by atoms with Crippen LogP contribution in [-0.2, 0) is 16.5 Å². The summed E-state index contributed by atoms with van der Waals surface area (Å²) in [5, 5.41) is 0. The van der Waals surface area contributed by atoms with Crippen LogP contribution in [0.15, 0.2) is 30.5 Å². The average Bonchev–Trinajstić information content (AvgIpc) is 2.84. The Morgan fingerprint density at radius 3 is 2.14 bits per heavy atom. The highest BCUT2D eigenvalue weighted by Gasteiger charge is 2.27. The smallest absolute Gasteiger partial charge is 0.340 e. The summed E-state index contributed by atoms with van der Waals surface area (Å²) in [6.07, 6.45) is 1.55. The fourth-order valence-corrected chi connectivity index (χ4v) is 2.19. The van der Waals surface area contributed by atoms with Crippen molar-refractivity contribution in [2.24, 2.45) is 7.05 Å². The standard InChI is InChI=1S/C15H16N2O4/c1-17-8-11(14(18)20-2)12(15(19)21-3)13(17)9-4-6-10(16)7-5-9/h4-8H,16H2,1-3H3. The first-order chi connectivity index (χ1) is 9.99. The summed E-state index contributed by atoms with van der Waals surface area (Å²) in [4.78, 5) is 23.9. The minimum atomic E-state index is -0.595. The summed E-state index contributed by atoms with van der Waals surface area (Å²) < 4.78 is 11.2. The van der Waals surface area contributed by atoms with E-state index in [2.05, 4.69) is 0 Å². The number of nitrogen functional groups attached to an aromatic ring is 1. The molecule has 0 fully saturated rings. The van der Waals surface area contributed by atoms with E-state index in [-0.39, 0.29) is 11.1 Å². The number of ether oxygens (including phenoxy) is 2. The maximum Gasteiger partial charge on any atom is 0.340 e. The van der Waals surface area contributed by atoms with Crippen molar-refractivity contribution in [3.8, 4) is 11.3 Å². The second kappa shape index (κ2) is 5.70. The van der Waals surface area contributed by atoms with Gasteiger partial charge in [0.15, 0.2) is 0 Å². The Hall–Kier alpha value is -2.76. The molecule has 0 unspecified atom stereocenters. The molecule has 2 rings (SSSR count). The molecule has 1 aromatic carbocycles. The van der Waals surface area contributed by atoms with Crippen LogP contribution in [-0.4, -0.2) is 30.7 Å². The van der Waals surface area contributed by atoms with Gasteiger partial charge in [-0.3, -0.25) is 0 Å². The molecule has 2 aromatic rings. The third-order valence-corrected chi connectivity index (χ3v) is 3.16. The average molecular weight is 288 g/mol. The number of rotatable bonds is 3. The van der Waals surface area contributed by atoms with Crippen LogP contribution in [0, 0.1) is 0 Å². The Balaban J connectivity index is 2.70. The van der Waals surface area contributed by atoms with Crippen LogP contribution in [0.2, 0.25) is 0 Å². The molecule has 0 atom stereocenters. The number of nitrogens with two attached hydrogens (primary N) is 1. The SMILES string of the molecule is COC(=O)c1cn(C)c(-c2ccc(N)cc2)c1C(=O)OC. The van der Waals surface area contributed by atoms with E-state index in [1.54, 1.807) is 42.1 Å². The van der Waals surface area contributed by atoms with Gasteiger partial charge >= 0.3 is 11.9 Å². The Morgan fingerprint density at radius 2 is 1.62 bits per heavy atom. The van der Waals surface area contributed by atoms with Crippen molar-refractivity contribution in [3.63, 3.8) is 0 Å². The molecule has 0 radical (unpaired) electrons. The Bertz CT molecular complexity index is 686. The lowest BCUT2D eigenvalue weighted by Crippen LogP contribution is -2.10. The normalized spacial score (nSPS) is 10.2. The zero-order chi connectivity index (χ0) is 15.6. The number of esters is 2. The number of carbonyl (C=O) groups excluding carboxylic acids is 2. The van der Waals surface area contributed by atoms with Gasteiger partial charge in [-0.2, -0.15) is 0 Å². The van der Waals surface area contributed by atoms with E-state index in [0.717, 1.165) is 5.56 Å². The lowest BCUT2D eigenvalue weighted by molar-refractivity contribution is 0.0557. The van der Waals surface area contributed by atoms with Crippen molar-refractivity contribution in [2.75, 3.05) is 20.0 Å². The monoisotopic (exact) mass is 288 g/mol. The van der Waals surface area contributed by atoms with Crippen LogP contribution in [0.1, 0.15) is 20.7 Å². The van der Waals surface area contributed by atoms with Gasteiger partial charge in [0.2, 0.25) is 0 Å². The van der Waals surface area contributed by atoms with E-state index in [1.807, 2.05) is 0 Å². The molecular weight excluding hydrogens is 272 g/mol. The number of anilines is 1. The minimum Gasteiger partial charge on any atom is -0.465 e. The number of aryl methyl sites for hydroxylation is 1. The molecule has 2 N–H and O–H groups in total. The Kier molecular flexibility index (Phi) is 3.98. The van der Waals surface area contributed by atoms with E-state index >= 15 is 0 Å². The van der Waals surface area contributed by atoms with E-state index in [0.29, 0.717) is 11.4 Å². The van der Waals surface area contributed by atoms with Gasteiger partial charge in [0, 0.05) is 18.9 Å². The van der Waals surface area contributed by atoms with Gasteiger partial charge in [0.1, 0.15) is 0 Å². The van der Waals surface area contributed by atoms with Crippen LogP contribution in [0.4, 0.5) is 5.69 Å². The molecule has 1 heterocycles. The second-order valence-corrected chi connectivity index (χ2v) is 4.48. The third-order valence-electron chi connectivity index (χ3n) is 3.16. The van der Waals surface area contributed by atoms with Crippen LogP contribution in [0.25, 0.3) is 11.3 Å². The molecule has 0 saturated carbocycles. The molecule has 0 aliphatic heterocycles. The van der Waals surface area contributed by atoms with Crippen molar-refractivity contribution in [1.29, 1.82) is 0 Å². The van der Waals surface area contributed by atoms with Crippen LogP contribution in [0.3, 0.4) is 0 Å². The van der Waals surface area contributed by atoms with Gasteiger partial charge in [-0.15, -0.1) is 0 Å². The molecule has 0 aliphatic rings. The highest BCUT2D eigenvalue weighted by molar-refractivity contribution is 6.07. The fraction of sp³-hybridized carbons (Fsp3) is 0.200. The lowest BCUT2D eigenvalue weighted by Gasteiger charge is -2.08. The summed E-state index contributed by atoms with van der Waals surface area (Å²) in [6.45, 7) is 0. The van der Waals surface area contributed by atoms with Gasteiger partial charge in [0.05, 0.1) is 31.0 Å². The highest BCUT2D eigenvalue weighted by atomic mass is 16.5. The Morgan fingerprint density at radius 1 is 1.05 bits per heavy atom. The molecule has 0 saturated heterocycles. The maximum atomic E-state index is 12.1. The van der Waals surface area contributed by atoms with E-state index in [4.69, 9.17) is 15.2 Å². The number of hydrogen-bond acceptors (Lipinski definition) is 5. The second-order valence-electron chi connectivity index (χ2n) is 4.48. The number of methoxy groups -OCH3 is 2. The molecular formula is C15H16N2O4. The van der Waals surface area contributed by atoms with Crippen molar-refractivity contribution < 1.29 is 19.1 Å². The van der Waals surface area contributed by atoms with Crippen molar-refractivity contribution in [3.05, 3.63) is 41.6 Å². The first kappa shape index (κ1) is 14.6. The van der Waals surface area contributed by atoms with Crippen molar-refractivity contribution >= 4 is 17.6 Å². The largest absolute Gasteiger partial charge is 0.465 e. The summed E-state index contributed by atoms with van der Waals surface area (Å²) in [6, 6.07) is 7.00. The minimum absolute atomic E-state index is 0.165. The summed E-state index contributed by atoms with van der Waals surface area (Å²) in [5.41, 5.74) is 7.95. The Labute approximate surface area is 122 Å². The van der Waals surface area contributed by atoms with Gasteiger partial charge < -0.3 is 19.8 Å². The van der Waals surface area contributed by atoms with Gasteiger partial charge in [-0.05, 0) is 17.7 Å². The lowest BCUT2D eigenvalue weighted by atomic mass is 10.0. The number of nitrogens with zero attached hydrogens (tertiary/aromatic N) is 1. The molecule has 6 heteroatoms. The van der Waals surface area contributed by atoms with Gasteiger partial charge in [0.25, 0.3) is 0 Å². The third kappa shape index (κ3) is 2.60. The molecule has 21 heavy (non-hydrogen) atoms. The molecule has 1 aromatic heterocycles. The molecule has 110 valence electrons. The predicted molar refractivity (Wildman–Crippen MR) is 77.9 cm³/mol. The first-order valence-corrected chi connectivity index (χ1v) is 6.21. The number of carbonyl (C=O) groups is 2. The topological polar surface area (TPSA) is 83.5 Å². The van der Waals surface area contributed by atoms with Gasteiger partial charge in [-0.1, -0.05) is 12.1 Å². The van der Waals surface area contributed by atoms with Gasteiger partial charge in [-0.25, -0.2) is 9.59 Å². The number of benzene rings is 1. The maximum absolute atomic E-state index is 12.1. The van der Waals surface area contributed by atoms with Crippen molar-refractivity contribution in [2.45, 2.75) is 0 Å². The van der Waals surface area contributed by atoms with Crippen LogP contribution >= 0.6 is 0 Å². The predicted octanol–water partition coefficient (Wildman–Crippen LogP) is 1.85. The molecule has 0 amide bonds. The number of hydrogen-bond donors (Lipinski definition) is 1. The summed E-state index contributed by atoms with van der Waals surface area (Å²) in [7, 11) is 4.27. The highest BCUT2D eigenvalue weighted by Crippen LogP contribution is 2.29. The zero-order valence-electron chi connectivity index (χ0n) is 12.0. The fourth-order valence-electron chi connectivity index (χ4n) is 2.19. The van der Waals surface area contributed by atoms with Crippen molar-refractivity contribution in [1.82, 2.24) is 4.57 Å². The summed E-state index contributed by atoms with van der Waals surface area (Å²) >= 11 is 0. The quantitative estimate of drug-likeness (QED) is 0.688. The number of aromatic nitrogens is 1. The molecule has 6 nitrogen and oxygen atoms in total. The van der Waals surface area contributed by atoms with E-state index in [9.17, 15) is 9.59 Å². The van der Waals surface area contributed by atoms with Crippen LogP contribution < -0.4 is 5.73 Å².